The van der Waals surface area contributed by atoms with Crippen LogP contribution in [0.1, 0.15) is 0 Å². The fraction of sp³-hybridized carbons (Fsp3) is 0. The van der Waals surface area contributed by atoms with Crippen molar-refractivity contribution in [1.82, 2.24) is 0 Å². The van der Waals surface area contributed by atoms with Gasteiger partial charge in [0, 0.05) is 0 Å². The van der Waals surface area contributed by atoms with Gasteiger partial charge in [-0.3, -0.25) is 0 Å². The van der Waals surface area contributed by atoms with Gasteiger partial charge in [-0.1, -0.05) is 0 Å². The van der Waals surface area contributed by atoms with Crippen molar-refractivity contribution in [2.75, 3.05) is 0 Å². The summed E-state index contributed by atoms with van der Waals surface area (Å²) in [5, 5.41) is 0. The van der Waals surface area contributed by atoms with E-state index in [0.29, 0.717) is 0 Å². The topological polar surface area (TPSA) is 305 Å². The van der Waals surface area contributed by atoms with Crippen molar-refractivity contribution in [2.45, 2.75) is 0 Å². The molecule has 10 nitrogen and oxygen atoms in total. The fourth-order valence-corrected chi connectivity index (χ4v) is 0. The molecule has 0 aromatic rings. The normalized spacial score (nSPS) is 0. The maximum Gasteiger partial charge on any atom is 6.00 e. The predicted octanol–water partition coefficient (Wildman–Crippen LogP) is 2.87. The summed E-state index contributed by atoms with van der Waals surface area (Å²) < 4.78 is 0. The quantitative estimate of drug-likeness (QED) is 0.316. The molecule has 16 heteroatoms. The van der Waals surface area contributed by atoms with Crippen molar-refractivity contribution in [2.24, 2.45) is 0 Å². The van der Waals surface area contributed by atoms with Crippen molar-refractivity contribution in [3.63, 3.8) is 0 Å². The van der Waals surface area contributed by atoms with E-state index >= 15 is 0 Å². The molecule has 16 heavy (non-hydrogen) atoms. The van der Waals surface area contributed by atoms with Crippen LogP contribution in [0.3, 0.4) is 0 Å². The number of hydrogen-bond donors (Lipinski definition) is 0. The van der Waals surface area contributed by atoms with Crippen LogP contribution in [-0.2, 0) is 141 Å². The van der Waals surface area contributed by atoms with Crippen LogP contribution in [0, 0.1) is 0 Å². The van der Waals surface area contributed by atoms with Gasteiger partial charge in [-0.15, -0.1) is 0 Å². The van der Waals surface area contributed by atoms with Crippen LogP contribution >= 0.6 is 0 Å². The van der Waals surface area contributed by atoms with Gasteiger partial charge in [-0.05, 0) is 0 Å². The molecule has 0 spiro atoms. The molecule has 0 saturated carbocycles. The maximum atomic E-state index is 0. The van der Waals surface area contributed by atoms with Crippen LogP contribution in [-0.4, -0.2) is 0 Å². The predicted molar refractivity (Wildman–Crippen MR) is 33.6 cm³/mol. The van der Waals surface area contributed by atoms with Crippen LogP contribution in [0.15, 0.2) is 0 Å². The summed E-state index contributed by atoms with van der Waals surface area (Å²) in [5.41, 5.74) is 0. The monoisotopic (exact) mass is 1230 g/mol. The van der Waals surface area contributed by atoms with Gasteiger partial charge in [0.2, 0.25) is 0 Å². The van der Waals surface area contributed by atoms with E-state index in [2.05, 4.69) is 0 Å². The Balaban J connectivity index is 0. The molecule has 0 saturated heterocycles. The largest absolute Gasteiger partial charge is 6.00 e. The first kappa shape index (κ1) is 412. The smallest absolute Gasteiger partial charge is 3.00 e. The molecule has 0 aromatic heterocycles. The summed E-state index contributed by atoms with van der Waals surface area (Å²) in [6.07, 6.45) is 0. The molecule has 0 aromatic carbocycles. The zero-order valence-corrected chi connectivity index (χ0v) is 26.8. The van der Waals surface area contributed by atoms with Gasteiger partial charge >= 0.3 is 141 Å². The van der Waals surface area contributed by atoms with Gasteiger partial charge in [-0.25, -0.2) is 0 Å². The zero-order valence-electron chi connectivity index (χ0n) is 7.20. The number of rotatable bonds is 0. The Morgan fingerprint density at radius 1 is 0.188 bits per heavy atom. The number of nitrogens with zero attached hydrogens (tertiary/aromatic N) is 10. The molecule has 0 amide bonds. The average Bonchev–Trinajstić information content (AvgIpc) is 0. The molecular formula is Hf3N10W3. The van der Waals surface area contributed by atoms with Crippen molar-refractivity contribution in [3.05, 3.63) is 61.5 Å². The Morgan fingerprint density at radius 3 is 0.188 bits per heavy atom. The molecule has 0 aliphatic rings. The average molecular weight is 1230 g/mol. The summed E-state index contributed by atoms with van der Waals surface area (Å²) in [7, 11) is 0. The van der Waals surface area contributed by atoms with Crippen LogP contribution < -0.4 is 0 Å². The SMILES string of the molecule is [Hf+4].[Hf+4].[Hf+4].[N-3].[N-3].[N-3].[N-3].[N-3].[N-3].[N-3].[N-3].[N-3].[N-3].[W+6].[W+6].[W+6]. The summed E-state index contributed by atoms with van der Waals surface area (Å²) >= 11 is 0. The molecule has 0 aliphatic heterocycles. The fourth-order valence-electron chi connectivity index (χ4n) is 0. The first-order valence-electron chi connectivity index (χ1n) is 0. The van der Waals surface area contributed by atoms with E-state index in [4.69, 9.17) is 0 Å². The Labute approximate surface area is 199 Å². The van der Waals surface area contributed by atoms with Crippen LogP contribution in [0.5, 0.6) is 0 Å². The zero-order chi connectivity index (χ0) is 0. The third-order valence-corrected chi connectivity index (χ3v) is 0. The second kappa shape index (κ2) is 352. The third kappa shape index (κ3) is 298. The molecule has 0 atom stereocenters. The van der Waals surface area contributed by atoms with Gasteiger partial charge < -0.3 is 61.5 Å². The summed E-state index contributed by atoms with van der Waals surface area (Å²) in [6, 6.07) is 0. The van der Waals surface area contributed by atoms with Gasteiger partial charge in [0.05, 0.1) is 0 Å². The van der Waals surface area contributed by atoms with E-state index in [1.165, 1.54) is 0 Å². The molecule has 0 bridgehead atoms. The van der Waals surface area contributed by atoms with Crippen molar-refractivity contribution in [3.8, 4) is 0 Å². The van der Waals surface area contributed by atoms with E-state index in [9.17, 15) is 0 Å². The molecule has 0 aliphatic carbocycles. The van der Waals surface area contributed by atoms with Gasteiger partial charge in [0.15, 0.2) is 0 Å². The molecule has 0 heterocycles. The second-order valence-corrected chi connectivity index (χ2v) is 0. The van der Waals surface area contributed by atoms with E-state index in [0.717, 1.165) is 0 Å². The minimum atomic E-state index is 0. The molecule has 0 N–H and O–H groups in total. The molecule has 0 rings (SSSR count). The third-order valence-electron chi connectivity index (χ3n) is 0. The molecule has 0 unspecified atom stereocenters. The first-order chi connectivity index (χ1) is 0. The molecule has 80 valence electrons. The Morgan fingerprint density at radius 2 is 0.188 bits per heavy atom. The molecule has 0 radical (unpaired) electrons. The van der Waals surface area contributed by atoms with Gasteiger partial charge in [0.1, 0.15) is 0 Å². The second-order valence-electron chi connectivity index (χ2n) is 0. The Bertz CT molecular complexity index is 21.3. The Hall–Kier alpha value is 4.28. The minimum Gasteiger partial charge on any atom is -3.00 e. The van der Waals surface area contributed by atoms with E-state index in [1.807, 2.05) is 0 Å². The van der Waals surface area contributed by atoms with Gasteiger partial charge in [0.25, 0.3) is 0 Å². The van der Waals surface area contributed by atoms with Crippen LogP contribution in [0.25, 0.3) is 61.5 Å². The van der Waals surface area contributed by atoms with E-state index in [1.54, 1.807) is 0 Å². The maximum absolute atomic E-state index is 0. The van der Waals surface area contributed by atoms with Crippen molar-refractivity contribution in [1.29, 1.82) is 0 Å². The standard InChI is InChI=1S/3Hf.10N.3W/q3*+4;10*-3;3*+6. The number of hydrogen-bond acceptors (Lipinski definition) is 0. The van der Waals surface area contributed by atoms with Gasteiger partial charge in [-0.2, -0.15) is 0 Å². The van der Waals surface area contributed by atoms with E-state index < -0.39 is 0 Å². The van der Waals surface area contributed by atoms with Crippen molar-refractivity contribution >= 4 is 0 Å². The van der Waals surface area contributed by atoms with Crippen LogP contribution in [0.4, 0.5) is 0 Å². The van der Waals surface area contributed by atoms with Crippen LogP contribution in [0.2, 0.25) is 0 Å². The summed E-state index contributed by atoms with van der Waals surface area (Å²) in [6.45, 7) is 0. The summed E-state index contributed by atoms with van der Waals surface area (Å²) in [5.74, 6) is 0. The van der Waals surface area contributed by atoms with Crippen molar-refractivity contribution < 1.29 is 141 Å². The first-order valence-corrected chi connectivity index (χ1v) is 0. The molecular weight excluding hydrogens is 1230 g/mol. The molecule has 0 fully saturated rings. The minimum absolute atomic E-state index is 0. The van der Waals surface area contributed by atoms with E-state index in [-0.39, 0.29) is 202 Å². The summed E-state index contributed by atoms with van der Waals surface area (Å²) in [4.78, 5) is 0. The Kier molecular flexibility index (Phi) is 9070.